The van der Waals surface area contributed by atoms with Gasteiger partial charge in [-0.05, 0) is 34.1 Å². The topological polar surface area (TPSA) is 20.3 Å². The van der Waals surface area contributed by atoms with E-state index in [1.807, 2.05) is 46.4 Å². The van der Waals surface area contributed by atoms with Crippen molar-refractivity contribution in [3.8, 4) is 0 Å². The van der Waals surface area contributed by atoms with Crippen LogP contribution in [0.25, 0.3) is 0 Å². The molecule has 1 rings (SSSR count). The van der Waals surface area contributed by atoms with Crippen LogP contribution in [0.1, 0.15) is 54.4 Å². The van der Waals surface area contributed by atoms with E-state index in [9.17, 15) is 9.18 Å². The molecule has 2 nitrogen and oxygen atoms in total. The molecule has 0 spiro atoms. The van der Waals surface area contributed by atoms with E-state index in [-0.39, 0.29) is 23.9 Å². The maximum atomic E-state index is 13.9. The number of halogens is 1. The maximum absolute atomic E-state index is 13.9. The van der Waals surface area contributed by atoms with Crippen LogP contribution in [0.3, 0.4) is 0 Å². The highest BCUT2D eigenvalue weighted by molar-refractivity contribution is 5.87. The van der Waals surface area contributed by atoms with Crippen molar-refractivity contribution in [1.29, 1.82) is 0 Å². The first kappa shape index (κ1) is 14.5. The highest BCUT2D eigenvalue weighted by Gasteiger charge is 2.68. The summed E-state index contributed by atoms with van der Waals surface area (Å²) in [5.74, 6) is -0.0979. The Bertz CT molecular complexity index is 272. The average molecular weight is 243 g/mol. The van der Waals surface area contributed by atoms with E-state index >= 15 is 0 Å². The highest BCUT2D eigenvalue weighted by atomic mass is 19.1. The Hall–Kier alpha value is -0.600. The predicted octanol–water partition coefficient (Wildman–Crippen LogP) is 3.41. The maximum Gasteiger partial charge on any atom is 0.232 e. The van der Waals surface area contributed by atoms with Gasteiger partial charge < -0.3 is 4.90 Å². The zero-order valence-electron chi connectivity index (χ0n) is 12.0. The number of rotatable bonds is 5. The number of carbonyl (C=O) groups is 1. The van der Waals surface area contributed by atoms with Crippen LogP contribution in [0, 0.1) is 11.3 Å². The highest BCUT2D eigenvalue weighted by Crippen LogP contribution is 2.59. The molecule has 0 saturated heterocycles. The third-order valence-electron chi connectivity index (χ3n) is 4.04. The van der Waals surface area contributed by atoms with Gasteiger partial charge in [-0.1, -0.05) is 20.3 Å². The third-order valence-corrected chi connectivity index (χ3v) is 4.04. The van der Waals surface area contributed by atoms with Crippen LogP contribution in [0.4, 0.5) is 4.39 Å². The van der Waals surface area contributed by atoms with Gasteiger partial charge in [-0.3, -0.25) is 4.79 Å². The summed E-state index contributed by atoms with van der Waals surface area (Å²) in [7, 11) is 0. The Morgan fingerprint density at radius 2 is 1.71 bits per heavy atom. The van der Waals surface area contributed by atoms with Crippen molar-refractivity contribution in [2.75, 3.05) is 0 Å². The van der Waals surface area contributed by atoms with Crippen molar-refractivity contribution in [2.24, 2.45) is 11.3 Å². The lowest BCUT2D eigenvalue weighted by Crippen LogP contribution is -2.47. The molecule has 100 valence electrons. The standard InChI is InChI=1S/C14H26FNO/c1-7-8-14(11(6)12(14)15)13(17)16(9(2)3)10(4)5/h9-12H,7-8H2,1-6H3/t11-,12?,14+/m1/s1. The smallest absolute Gasteiger partial charge is 0.232 e. The van der Waals surface area contributed by atoms with Gasteiger partial charge in [0.25, 0.3) is 0 Å². The van der Waals surface area contributed by atoms with Crippen LogP contribution in [0.5, 0.6) is 0 Å². The van der Waals surface area contributed by atoms with Gasteiger partial charge in [0.15, 0.2) is 0 Å². The molecule has 3 heteroatoms. The van der Waals surface area contributed by atoms with E-state index in [1.165, 1.54) is 0 Å². The van der Waals surface area contributed by atoms with Gasteiger partial charge in [-0.15, -0.1) is 0 Å². The molecule has 0 heterocycles. The third kappa shape index (κ3) is 2.21. The Morgan fingerprint density at radius 1 is 1.29 bits per heavy atom. The van der Waals surface area contributed by atoms with E-state index in [0.717, 1.165) is 6.42 Å². The fraction of sp³-hybridized carbons (Fsp3) is 0.929. The minimum atomic E-state index is -0.949. The summed E-state index contributed by atoms with van der Waals surface area (Å²) in [4.78, 5) is 14.4. The summed E-state index contributed by atoms with van der Waals surface area (Å²) in [6, 6.07) is 0.271. The molecule has 1 fully saturated rings. The molecule has 1 unspecified atom stereocenters. The van der Waals surface area contributed by atoms with Crippen molar-refractivity contribution in [3.05, 3.63) is 0 Å². The summed E-state index contributed by atoms with van der Waals surface area (Å²) in [5.41, 5.74) is -0.719. The minimum Gasteiger partial charge on any atom is -0.337 e. The summed E-state index contributed by atoms with van der Waals surface area (Å²) >= 11 is 0. The predicted molar refractivity (Wildman–Crippen MR) is 68.5 cm³/mol. The Kier molecular flexibility index (Phi) is 4.21. The lowest BCUT2D eigenvalue weighted by Gasteiger charge is -2.34. The number of carbonyl (C=O) groups excluding carboxylic acids is 1. The first-order valence-corrected chi connectivity index (χ1v) is 6.77. The second-order valence-corrected chi connectivity index (χ2v) is 5.88. The summed E-state index contributed by atoms with van der Waals surface area (Å²) in [5, 5.41) is 0. The van der Waals surface area contributed by atoms with E-state index in [2.05, 4.69) is 0 Å². The number of hydrogen-bond acceptors (Lipinski definition) is 1. The van der Waals surface area contributed by atoms with Crippen LogP contribution >= 0.6 is 0 Å². The molecule has 1 saturated carbocycles. The molecule has 17 heavy (non-hydrogen) atoms. The Labute approximate surface area is 105 Å². The van der Waals surface area contributed by atoms with E-state index < -0.39 is 11.6 Å². The zero-order valence-corrected chi connectivity index (χ0v) is 12.0. The quantitative estimate of drug-likeness (QED) is 0.724. The van der Waals surface area contributed by atoms with Gasteiger partial charge in [0.2, 0.25) is 5.91 Å². The fourth-order valence-corrected chi connectivity index (χ4v) is 3.08. The molecule has 0 aromatic heterocycles. The van der Waals surface area contributed by atoms with Crippen LogP contribution in [-0.4, -0.2) is 29.1 Å². The van der Waals surface area contributed by atoms with E-state index in [0.29, 0.717) is 6.42 Å². The summed E-state index contributed by atoms with van der Waals surface area (Å²) in [6.07, 6.45) is 0.583. The zero-order chi connectivity index (χ0) is 13.4. The molecule has 0 aromatic carbocycles. The molecule has 0 aromatic rings. The lowest BCUT2D eigenvalue weighted by molar-refractivity contribution is -0.142. The van der Waals surface area contributed by atoms with E-state index in [4.69, 9.17) is 0 Å². The summed E-state index contributed by atoms with van der Waals surface area (Å²) in [6.45, 7) is 11.9. The molecule has 0 radical (unpaired) electrons. The van der Waals surface area contributed by atoms with Gasteiger partial charge in [0.05, 0.1) is 5.41 Å². The van der Waals surface area contributed by atoms with Crippen LogP contribution in [0.2, 0.25) is 0 Å². The molecule has 0 aliphatic heterocycles. The number of amides is 1. The van der Waals surface area contributed by atoms with E-state index in [1.54, 1.807) is 0 Å². The molecule has 1 aliphatic rings. The largest absolute Gasteiger partial charge is 0.337 e. The second kappa shape index (κ2) is 4.95. The van der Waals surface area contributed by atoms with Gasteiger partial charge >= 0.3 is 0 Å². The molecular weight excluding hydrogens is 217 g/mol. The lowest BCUT2D eigenvalue weighted by atomic mass is 9.94. The van der Waals surface area contributed by atoms with Crippen LogP contribution < -0.4 is 0 Å². The molecule has 0 N–H and O–H groups in total. The van der Waals surface area contributed by atoms with Crippen LogP contribution in [0.15, 0.2) is 0 Å². The Balaban J connectivity index is 2.93. The van der Waals surface area contributed by atoms with Crippen molar-refractivity contribution < 1.29 is 9.18 Å². The molecule has 1 aliphatic carbocycles. The average Bonchev–Trinajstić information content (AvgIpc) is 2.71. The summed E-state index contributed by atoms with van der Waals surface area (Å²) < 4.78 is 13.9. The van der Waals surface area contributed by atoms with Gasteiger partial charge in [-0.2, -0.15) is 0 Å². The molecule has 1 amide bonds. The second-order valence-electron chi connectivity index (χ2n) is 5.88. The van der Waals surface area contributed by atoms with Crippen molar-refractivity contribution in [2.45, 2.75) is 72.6 Å². The van der Waals surface area contributed by atoms with Gasteiger partial charge in [0, 0.05) is 18.0 Å². The number of alkyl halides is 1. The number of hydrogen-bond donors (Lipinski definition) is 0. The van der Waals surface area contributed by atoms with Crippen molar-refractivity contribution in [3.63, 3.8) is 0 Å². The Morgan fingerprint density at radius 3 is 1.94 bits per heavy atom. The normalized spacial score (nSPS) is 32.1. The molecule has 0 bridgehead atoms. The van der Waals surface area contributed by atoms with Gasteiger partial charge in [-0.25, -0.2) is 4.39 Å². The first-order chi connectivity index (χ1) is 7.80. The van der Waals surface area contributed by atoms with Crippen LogP contribution in [-0.2, 0) is 4.79 Å². The first-order valence-electron chi connectivity index (χ1n) is 6.77. The molecular formula is C14H26FNO. The SMILES string of the molecule is CCC[C@@]1(C(=O)N(C(C)C)C(C)C)C(F)[C@H]1C. The monoisotopic (exact) mass is 243 g/mol. The van der Waals surface area contributed by atoms with Gasteiger partial charge in [0.1, 0.15) is 6.17 Å². The van der Waals surface area contributed by atoms with Crippen molar-refractivity contribution in [1.82, 2.24) is 4.90 Å². The molecule has 3 atom stereocenters. The fourth-order valence-electron chi connectivity index (χ4n) is 3.08. The minimum absolute atomic E-state index is 0.0179. The number of nitrogens with zero attached hydrogens (tertiary/aromatic N) is 1. The van der Waals surface area contributed by atoms with Crippen molar-refractivity contribution >= 4 is 5.91 Å².